The van der Waals surface area contributed by atoms with Crippen LogP contribution in [-0.4, -0.2) is 48.2 Å². The fraction of sp³-hybridized carbons (Fsp3) is 0.857. The van der Waals surface area contributed by atoms with Gasteiger partial charge < -0.3 is 26.8 Å². The number of carbonyl (C=O) groups is 3. The topological polar surface area (TPSA) is 134 Å². The van der Waals surface area contributed by atoms with Crippen LogP contribution < -0.4 is 21.7 Å². The predicted octanol–water partition coefficient (Wildman–Crippen LogP) is 2.37. The minimum absolute atomic E-state index is 0.193. The lowest BCUT2D eigenvalue weighted by Gasteiger charge is -2.27. The first-order valence-corrected chi connectivity index (χ1v) is 11.1. The van der Waals surface area contributed by atoms with Crippen LogP contribution >= 0.6 is 0 Å². The summed E-state index contributed by atoms with van der Waals surface area (Å²) < 4.78 is 0. The van der Waals surface area contributed by atoms with Crippen LogP contribution in [0, 0.1) is 11.8 Å². The summed E-state index contributed by atoms with van der Waals surface area (Å²) in [4.78, 5) is 36.6. The first kappa shape index (κ1) is 25.2. The number of nitrogens with one attached hydrogen (secondary N) is 3. The molecule has 1 aliphatic carbocycles. The van der Waals surface area contributed by atoms with Crippen LogP contribution in [0.4, 0.5) is 4.79 Å². The van der Waals surface area contributed by atoms with Gasteiger partial charge in [-0.2, -0.15) is 0 Å². The van der Waals surface area contributed by atoms with E-state index in [0.29, 0.717) is 50.6 Å². The second-order valence-electron chi connectivity index (χ2n) is 8.34. The lowest BCUT2D eigenvalue weighted by Crippen LogP contribution is -2.54. The van der Waals surface area contributed by atoms with Crippen LogP contribution in [0.3, 0.4) is 0 Å². The fourth-order valence-corrected chi connectivity index (χ4v) is 3.64. The van der Waals surface area contributed by atoms with E-state index in [2.05, 4.69) is 29.8 Å². The van der Waals surface area contributed by atoms with E-state index in [9.17, 15) is 19.5 Å². The summed E-state index contributed by atoms with van der Waals surface area (Å²) in [6.07, 6.45) is 8.84. The number of rotatable bonds is 13. The van der Waals surface area contributed by atoms with Crippen LogP contribution in [0.25, 0.3) is 0 Å². The Labute approximate surface area is 174 Å². The quantitative estimate of drug-likeness (QED) is 0.296. The molecule has 6 N–H and O–H groups in total. The maximum Gasteiger partial charge on any atom is 0.326 e. The molecule has 1 saturated carbocycles. The van der Waals surface area contributed by atoms with Crippen molar-refractivity contribution < 1.29 is 19.5 Å². The van der Waals surface area contributed by atoms with Crippen LogP contribution in [0.5, 0.6) is 0 Å². The SMILES string of the molecule is CCC(C)CNC(=O)[C@@H](CC1CCCCC1)NC(=O)N[C@@H](CCCCN)C(=O)O. The van der Waals surface area contributed by atoms with Crippen LogP contribution in [-0.2, 0) is 9.59 Å². The number of carboxylic acid groups (broad SMARTS) is 1. The molecule has 3 atom stereocenters. The number of amides is 3. The zero-order chi connectivity index (χ0) is 21.6. The minimum atomic E-state index is -1.08. The average molecular weight is 413 g/mol. The Morgan fingerprint density at radius 3 is 2.31 bits per heavy atom. The molecule has 29 heavy (non-hydrogen) atoms. The molecule has 0 radical (unpaired) electrons. The molecule has 0 heterocycles. The standard InChI is InChI=1S/C21H40N4O4/c1-3-15(2)14-23-19(26)18(13-16-9-5-4-6-10-16)25-21(29)24-17(20(27)28)11-7-8-12-22/h15-18H,3-14,22H2,1-2H3,(H,23,26)(H,27,28)(H2,24,25,29)/t15?,17-,18+/m0/s1. The molecule has 0 spiro atoms. The van der Waals surface area contributed by atoms with E-state index in [1.165, 1.54) is 6.42 Å². The zero-order valence-corrected chi connectivity index (χ0v) is 18.0. The monoisotopic (exact) mass is 412 g/mol. The molecule has 168 valence electrons. The van der Waals surface area contributed by atoms with Gasteiger partial charge in [-0.05, 0) is 44.1 Å². The van der Waals surface area contributed by atoms with Gasteiger partial charge in [0.05, 0.1) is 0 Å². The highest BCUT2D eigenvalue weighted by Crippen LogP contribution is 2.27. The number of carbonyl (C=O) groups excluding carboxylic acids is 2. The van der Waals surface area contributed by atoms with Crippen molar-refractivity contribution >= 4 is 17.9 Å². The summed E-state index contributed by atoms with van der Waals surface area (Å²) in [5.41, 5.74) is 5.45. The van der Waals surface area contributed by atoms with Crippen LogP contribution in [0.2, 0.25) is 0 Å². The molecule has 0 aromatic carbocycles. The smallest absolute Gasteiger partial charge is 0.326 e. The highest BCUT2D eigenvalue weighted by atomic mass is 16.4. The third kappa shape index (κ3) is 10.5. The first-order valence-electron chi connectivity index (χ1n) is 11.1. The van der Waals surface area contributed by atoms with E-state index in [1.807, 2.05) is 0 Å². The summed E-state index contributed by atoms with van der Waals surface area (Å²) >= 11 is 0. The molecule has 1 rings (SSSR count). The van der Waals surface area contributed by atoms with Crippen LogP contribution in [0.15, 0.2) is 0 Å². The Bertz CT molecular complexity index is 509. The molecule has 0 bridgehead atoms. The summed E-state index contributed by atoms with van der Waals surface area (Å²) in [6, 6.07) is -2.25. The maximum atomic E-state index is 12.7. The van der Waals surface area contributed by atoms with E-state index in [-0.39, 0.29) is 5.91 Å². The van der Waals surface area contributed by atoms with Crippen molar-refractivity contribution in [2.24, 2.45) is 17.6 Å². The molecular weight excluding hydrogens is 372 g/mol. The molecular formula is C21H40N4O4. The number of hydrogen-bond donors (Lipinski definition) is 5. The molecule has 1 aliphatic rings. The highest BCUT2D eigenvalue weighted by Gasteiger charge is 2.27. The van der Waals surface area contributed by atoms with E-state index >= 15 is 0 Å². The van der Waals surface area contributed by atoms with Crippen molar-refractivity contribution in [2.75, 3.05) is 13.1 Å². The van der Waals surface area contributed by atoms with Gasteiger partial charge in [0, 0.05) is 6.54 Å². The number of nitrogens with two attached hydrogens (primary N) is 1. The Balaban J connectivity index is 2.67. The van der Waals surface area contributed by atoms with Crippen molar-refractivity contribution in [2.45, 2.75) is 90.1 Å². The fourth-order valence-electron chi connectivity index (χ4n) is 3.64. The number of carboxylic acids is 1. The predicted molar refractivity (Wildman–Crippen MR) is 113 cm³/mol. The third-order valence-electron chi connectivity index (χ3n) is 5.79. The van der Waals surface area contributed by atoms with Crippen molar-refractivity contribution in [1.82, 2.24) is 16.0 Å². The normalized spacial score (nSPS) is 17.8. The molecule has 0 aromatic rings. The van der Waals surface area contributed by atoms with Crippen molar-refractivity contribution in [3.8, 4) is 0 Å². The van der Waals surface area contributed by atoms with Crippen molar-refractivity contribution in [1.29, 1.82) is 0 Å². The Hall–Kier alpha value is -1.83. The van der Waals surface area contributed by atoms with E-state index in [0.717, 1.165) is 32.1 Å². The number of aliphatic carboxylic acids is 1. The van der Waals surface area contributed by atoms with Gasteiger partial charge in [0.25, 0.3) is 0 Å². The summed E-state index contributed by atoms with van der Waals surface area (Å²) in [5.74, 6) is -0.506. The van der Waals surface area contributed by atoms with Crippen molar-refractivity contribution in [3.63, 3.8) is 0 Å². The van der Waals surface area contributed by atoms with Gasteiger partial charge in [-0.3, -0.25) is 4.79 Å². The average Bonchev–Trinajstić information content (AvgIpc) is 2.71. The van der Waals surface area contributed by atoms with Crippen molar-refractivity contribution in [3.05, 3.63) is 0 Å². The van der Waals surface area contributed by atoms with E-state index in [1.54, 1.807) is 0 Å². The minimum Gasteiger partial charge on any atom is -0.480 e. The van der Waals surface area contributed by atoms with Gasteiger partial charge in [-0.1, -0.05) is 52.4 Å². The van der Waals surface area contributed by atoms with Gasteiger partial charge in [0.2, 0.25) is 5.91 Å². The number of hydrogen-bond acceptors (Lipinski definition) is 4. The maximum absolute atomic E-state index is 12.7. The summed E-state index contributed by atoms with van der Waals surface area (Å²) in [6.45, 7) is 5.18. The van der Waals surface area contributed by atoms with Gasteiger partial charge in [-0.15, -0.1) is 0 Å². The lowest BCUT2D eigenvalue weighted by molar-refractivity contribution is -0.139. The second-order valence-corrected chi connectivity index (χ2v) is 8.34. The Kier molecular flexibility index (Phi) is 12.3. The van der Waals surface area contributed by atoms with Gasteiger partial charge in [-0.25, -0.2) is 9.59 Å². The molecule has 0 saturated heterocycles. The molecule has 0 aliphatic heterocycles. The number of unbranched alkanes of at least 4 members (excludes halogenated alkanes) is 1. The molecule has 8 heteroatoms. The van der Waals surface area contributed by atoms with E-state index < -0.39 is 24.1 Å². The lowest BCUT2D eigenvalue weighted by atomic mass is 9.84. The Morgan fingerprint density at radius 2 is 1.72 bits per heavy atom. The first-order chi connectivity index (χ1) is 13.9. The van der Waals surface area contributed by atoms with E-state index in [4.69, 9.17) is 5.73 Å². The zero-order valence-electron chi connectivity index (χ0n) is 18.0. The molecule has 1 fully saturated rings. The summed E-state index contributed by atoms with van der Waals surface area (Å²) in [7, 11) is 0. The van der Waals surface area contributed by atoms with Gasteiger partial charge >= 0.3 is 12.0 Å². The Morgan fingerprint density at radius 1 is 1.07 bits per heavy atom. The van der Waals surface area contributed by atoms with Gasteiger partial charge in [0.1, 0.15) is 12.1 Å². The van der Waals surface area contributed by atoms with Crippen LogP contribution in [0.1, 0.15) is 78.1 Å². The van der Waals surface area contributed by atoms with Gasteiger partial charge in [0.15, 0.2) is 0 Å². The summed E-state index contributed by atoms with van der Waals surface area (Å²) in [5, 5.41) is 17.5. The molecule has 1 unspecified atom stereocenters. The third-order valence-corrected chi connectivity index (χ3v) is 5.79. The highest BCUT2D eigenvalue weighted by molar-refractivity contribution is 5.88. The molecule has 0 aromatic heterocycles. The number of urea groups is 1. The largest absolute Gasteiger partial charge is 0.480 e. The second kappa shape index (κ2) is 14.2. The molecule has 8 nitrogen and oxygen atoms in total. The molecule has 3 amide bonds.